The van der Waals surface area contributed by atoms with E-state index in [-0.39, 0.29) is 23.5 Å². The molecule has 1 aliphatic rings. The first kappa shape index (κ1) is 12.6. The molecule has 0 spiro atoms. The minimum absolute atomic E-state index is 0.0596. The second-order valence-corrected chi connectivity index (χ2v) is 4.93. The molecular formula is C14H17NO3. The predicted molar refractivity (Wildman–Crippen MR) is 68.9 cm³/mol. The number of hydrogen-bond donors (Lipinski definition) is 1. The minimum Gasteiger partial charge on any atom is -0.491 e. The topological polar surface area (TPSA) is 55.4 Å². The van der Waals surface area contributed by atoms with Gasteiger partial charge < -0.3 is 10.1 Å². The van der Waals surface area contributed by atoms with Crippen molar-refractivity contribution < 1.29 is 14.3 Å². The lowest BCUT2D eigenvalue weighted by Crippen LogP contribution is -2.22. The van der Waals surface area contributed by atoms with Crippen molar-refractivity contribution in [2.45, 2.75) is 20.8 Å². The van der Waals surface area contributed by atoms with Crippen molar-refractivity contribution in [1.29, 1.82) is 0 Å². The average molecular weight is 247 g/mol. The molecule has 1 N–H and O–H groups in total. The molecule has 18 heavy (non-hydrogen) atoms. The van der Waals surface area contributed by atoms with E-state index in [4.69, 9.17) is 4.74 Å². The summed E-state index contributed by atoms with van der Waals surface area (Å²) in [5, 5.41) is 2.79. The Labute approximate surface area is 106 Å². The monoisotopic (exact) mass is 247 g/mol. The van der Waals surface area contributed by atoms with Crippen molar-refractivity contribution in [1.82, 2.24) is 0 Å². The molecule has 1 aromatic carbocycles. The Bertz CT molecular complexity index is 494. The fourth-order valence-corrected chi connectivity index (χ4v) is 1.79. The van der Waals surface area contributed by atoms with Gasteiger partial charge in [0, 0.05) is 11.5 Å². The van der Waals surface area contributed by atoms with Crippen LogP contribution in [-0.4, -0.2) is 18.3 Å². The lowest BCUT2D eigenvalue weighted by Gasteiger charge is -2.10. The third-order valence-corrected chi connectivity index (χ3v) is 2.98. The Kier molecular flexibility index (Phi) is 3.36. The summed E-state index contributed by atoms with van der Waals surface area (Å²) < 4.78 is 5.53. The Morgan fingerprint density at radius 2 is 2.17 bits per heavy atom. The molecule has 0 aliphatic carbocycles. The van der Waals surface area contributed by atoms with Gasteiger partial charge in [-0.05, 0) is 18.2 Å². The van der Waals surface area contributed by atoms with E-state index in [1.54, 1.807) is 25.1 Å². The molecule has 4 nitrogen and oxygen atoms in total. The minimum atomic E-state index is -0.193. The van der Waals surface area contributed by atoms with Gasteiger partial charge in [0.1, 0.15) is 5.75 Å². The molecule has 0 fully saturated rings. The van der Waals surface area contributed by atoms with Gasteiger partial charge in [-0.2, -0.15) is 0 Å². The van der Waals surface area contributed by atoms with Gasteiger partial charge in [-0.1, -0.05) is 20.8 Å². The molecule has 0 bridgehead atoms. The van der Waals surface area contributed by atoms with Crippen molar-refractivity contribution in [2.75, 3.05) is 11.9 Å². The van der Waals surface area contributed by atoms with E-state index >= 15 is 0 Å². The molecule has 1 aliphatic heterocycles. The van der Waals surface area contributed by atoms with Gasteiger partial charge >= 0.3 is 0 Å². The average Bonchev–Trinajstić information content (AvgIpc) is 2.48. The number of hydrogen-bond acceptors (Lipinski definition) is 3. The van der Waals surface area contributed by atoms with Crippen LogP contribution in [0.3, 0.4) is 0 Å². The molecule has 96 valence electrons. The van der Waals surface area contributed by atoms with Crippen LogP contribution in [0.25, 0.3) is 0 Å². The first-order valence-corrected chi connectivity index (χ1v) is 6.11. The van der Waals surface area contributed by atoms with E-state index in [9.17, 15) is 9.59 Å². The Hall–Kier alpha value is -1.84. The number of carbonyl (C=O) groups is 2. The zero-order valence-electron chi connectivity index (χ0n) is 10.8. The molecule has 0 radical (unpaired) electrons. The lowest BCUT2D eigenvalue weighted by atomic mass is 10.0. The van der Waals surface area contributed by atoms with E-state index in [1.165, 1.54) is 0 Å². The second kappa shape index (κ2) is 4.80. The number of anilines is 1. The maximum Gasteiger partial charge on any atom is 0.230 e. The summed E-state index contributed by atoms with van der Waals surface area (Å²) in [5.41, 5.74) is 1.18. The highest BCUT2D eigenvalue weighted by molar-refractivity contribution is 6.01. The summed E-state index contributed by atoms with van der Waals surface area (Å²) in [6.07, 6.45) is 0. The van der Waals surface area contributed by atoms with E-state index in [0.29, 0.717) is 23.6 Å². The number of benzene rings is 1. The third-order valence-electron chi connectivity index (χ3n) is 2.98. The van der Waals surface area contributed by atoms with Gasteiger partial charge in [0.05, 0.1) is 18.2 Å². The van der Waals surface area contributed by atoms with E-state index in [1.807, 2.05) is 13.8 Å². The molecule has 1 aromatic rings. The van der Waals surface area contributed by atoms with Crippen LogP contribution in [0, 0.1) is 11.8 Å². The van der Waals surface area contributed by atoms with Crippen molar-refractivity contribution in [3.05, 3.63) is 23.8 Å². The van der Waals surface area contributed by atoms with E-state index in [2.05, 4.69) is 5.32 Å². The summed E-state index contributed by atoms with van der Waals surface area (Å²) in [4.78, 5) is 23.6. The fraction of sp³-hybridized carbons (Fsp3) is 0.429. The Morgan fingerprint density at radius 1 is 1.44 bits per heavy atom. The first-order valence-electron chi connectivity index (χ1n) is 6.11. The van der Waals surface area contributed by atoms with Crippen LogP contribution in [0.15, 0.2) is 18.2 Å². The molecular weight excluding hydrogens is 230 g/mol. The SMILES string of the molecule is CC(C)C(=O)c1ccc2c(c1)NC(=O)C(C)CO2. The van der Waals surface area contributed by atoms with Crippen LogP contribution in [0.1, 0.15) is 31.1 Å². The molecule has 1 heterocycles. The van der Waals surface area contributed by atoms with Crippen LogP contribution < -0.4 is 10.1 Å². The quantitative estimate of drug-likeness (QED) is 0.817. The maximum atomic E-state index is 11.9. The zero-order valence-corrected chi connectivity index (χ0v) is 10.8. The first-order chi connectivity index (χ1) is 8.49. The van der Waals surface area contributed by atoms with E-state index in [0.717, 1.165) is 0 Å². The van der Waals surface area contributed by atoms with Crippen molar-refractivity contribution >= 4 is 17.4 Å². The van der Waals surface area contributed by atoms with Gasteiger partial charge in [-0.25, -0.2) is 0 Å². The highest BCUT2D eigenvalue weighted by Gasteiger charge is 2.22. The maximum absolute atomic E-state index is 11.9. The fourth-order valence-electron chi connectivity index (χ4n) is 1.79. The number of rotatable bonds is 2. The van der Waals surface area contributed by atoms with Gasteiger partial charge in [0.25, 0.3) is 0 Å². The standard InChI is InChI=1S/C14H17NO3/c1-8(2)13(16)10-4-5-12-11(6-10)15-14(17)9(3)7-18-12/h4-6,8-9H,7H2,1-3H3,(H,15,17). The van der Waals surface area contributed by atoms with Crippen LogP contribution >= 0.6 is 0 Å². The number of ether oxygens (including phenoxy) is 1. The predicted octanol–water partition coefficient (Wildman–Crippen LogP) is 2.49. The van der Waals surface area contributed by atoms with Crippen molar-refractivity contribution in [3.63, 3.8) is 0 Å². The molecule has 2 rings (SSSR count). The number of amides is 1. The van der Waals surface area contributed by atoms with Crippen molar-refractivity contribution in [3.8, 4) is 5.75 Å². The van der Waals surface area contributed by atoms with Crippen LogP contribution in [0.4, 0.5) is 5.69 Å². The summed E-state index contributed by atoms with van der Waals surface area (Å²) >= 11 is 0. The highest BCUT2D eigenvalue weighted by atomic mass is 16.5. The normalized spacial score (nSPS) is 18.7. The Balaban J connectivity index is 2.35. The van der Waals surface area contributed by atoms with Gasteiger partial charge in [0.15, 0.2) is 5.78 Å². The molecule has 1 atom stereocenters. The highest BCUT2D eigenvalue weighted by Crippen LogP contribution is 2.29. The number of fused-ring (bicyclic) bond motifs is 1. The summed E-state index contributed by atoms with van der Waals surface area (Å²) in [7, 11) is 0. The molecule has 1 unspecified atom stereocenters. The molecule has 0 saturated carbocycles. The zero-order chi connectivity index (χ0) is 13.3. The Morgan fingerprint density at radius 3 is 2.83 bits per heavy atom. The molecule has 4 heteroatoms. The molecule has 0 aromatic heterocycles. The summed E-state index contributed by atoms with van der Waals surface area (Å²) in [6, 6.07) is 5.17. The van der Waals surface area contributed by atoms with Crippen molar-refractivity contribution in [2.24, 2.45) is 11.8 Å². The molecule has 0 saturated heterocycles. The number of carbonyl (C=O) groups excluding carboxylic acids is 2. The van der Waals surface area contributed by atoms with E-state index < -0.39 is 0 Å². The second-order valence-electron chi connectivity index (χ2n) is 4.93. The largest absolute Gasteiger partial charge is 0.491 e. The van der Waals surface area contributed by atoms with Crippen LogP contribution in [0.2, 0.25) is 0 Å². The summed E-state index contributed by atoms with van der Waals surface area (Å²) in [5.74, 6) is 0.339. The number of ketones is 1. The smallest absolute Gasteiger partial charge is 0.230 e. The van der Waals surface area contributed by atoms with Crippen LogP contribution in [-0.2, 0) is 4.79 Å². The number of Topliss-reactive ketones (excluding diaryl/α,β-unsaturated/α-hetero) is 1. The van der Waals surface area contributed by atoms with Gasteiger partial charge in [0.2, 0.25) is 5.91 Å². The molecule has 1 amide bonds. The third kappa shape index (κ3) is 2.37. The van der Waals surface area contributed by atoms with Gasteiger partial charge in [-0.3, -0.25) is 9.59 Å². The van der Waals surface area contributed by atoms with Crippen LogP contribution in [0.5, 0.6) is 5.75 Å². The summed E-state index contributed by atoms with van der Waals surface area (Å²) in [6.45, 7) is 5.87. The number of nitrogens with one attached hydrogen (secondary N) is 1. The lowest BCUT2D eigenvalue weighted by molar-refractivity contribution is -0.119. The van der Waals surface area contributed by atoms with Gasteiger partial charge in [-0.15, -0.1) is 0 Å².